The van der Waals surface area contributed by atoms with E-state index in [1.54, 1.807) is 30.1 Å². The zero-order chi connectivity index (χ0) is 17.6. The number of benzene rings is 1. The molecule has 25 heavy (non-hydrogen) atoms. The third kappa shape index (κ3) is 3.67. The van der Waals surface area contributed by atoms with Crippen molar-refractivity contribution in [3.8, 4) is 11.8 Å². The van der Waals surface area contributed by atoms with Crippen molar-refractivity contribution in [2.45, 2.75) is 19.1 Å². The summed E-state index contributed by atoms with van der Waals surface area (Å²) in [7, 11) is 1.60. The summed E-state index contributed by atoms with van der Waals surface area (Å²) in [6.07, 6.45) is 2.77. The first-order valence-electron chi connectivity index (χ1n) is 7.82. The van der Waals surface area contributed by atoms with E-state index in [9.17, 15) is 5.11 Å². The molecule has 3 rings (SSSR count). The highest BCUT2D eigenvalue weighted by Crippen LogP contribution is 2.21. The molecular formula is C17H18N6O2. The van der Waals surface area contributed by atoms with E-state index in [1.807, 2.05) is 12.1 Å². The van der Waals surface area contributed by atoms with Crippen molar-refractivity contribution in [1.29, 1.82) is 5.26 Å². The maximum Gasteiger partial charge on any atom is 0.163 e. The Morgan fingerprint density at radius 3 is 2.84 bits per heavy atom. The minimum atomic E-state index is -0.690. The second kappa shape index (κ2) is 7.59. The molecule has 128 valence electrons. The van der Waals surface area contributed by atoms with Crippen LogP contribution in [-0.2, 0) is 6.54 Å². The van der Waals surface area contributed by atoms with Crippen LogP contribution in [0.4, 0.5) is 5.82 Å². The highest BCUT2D eigenvalue weighted by molar-refractivity contribution is 5.86. The Kier molecular flexibility index (Phi) is 5.06. The number of hydrogen-bond donors (Lipinski definition) is 2. The molecule has 1 aromatic carbocycles. The molecule has 0 aliphatic rings. The molecular weight excluding hydrogens is 320 g/mol. The smallest absolute Gasteiger partial charge is 0.163 e. The van der Waals surface area contributed by atoms with Gasteiger partial charge in [0.2, 0.25) is 0 Å². The number of nitriles is 1. The monoisotopic (exact) mass is 338 g/mol. The molecule has 1 atom stereocenters. The predicted octanol–water partition coefficient (Wildman–Crippen LogP) is 1.89. The molecule has 0 unspecified atom stereocenters. The lowest BCUT2D eigenvalue weighted by atomic mass is 10.1. The van der Waals surface area contributed by atoms with Gasteiger partial charge < -0.3 is 15.2 Å². The maximum atomic E-state index is 10.3. The minimum Gasteiger partial charge on any atom is -0.497 e. The van der Waals surface area contributed by atoms with Gasteiger partial charge >= 0.3 is 0 Å². The van der Waals surface area contributed by atoms with Crippen LogP contribution in [0.15, 0.2) is 36.8 Å². The summed E-state index contributed by atoms with van der Waals surface area (Å²) in [6, 6.07) is 9.34. The number of aryl methyl sites for hydroxylation is 1. The molecule has 0 bridgehead atoms. The van der Waals surface area contributed by atoms with Gasteiger partial charge in [-0.15, -0.1) is 0 Å². The van der Waals surface area contributed by atoms with Crippen LogP contribution in [0.1, 0.15) is 18.1 Å². The van der Waals surface area contributed by atoms with Gasteiger partial charge in [-0.3, -0.25) is 0 Å². The zero-order valence-electron chi connectivity index (χ0n) is 13.8. The van der Waals surface area contributed by atoms with Crippen molar-refractivity contribution < 1.29 is 9.84 Å². The van der Waals surface area contributed by atoms with Crippen LogP contribution in [0.2, 0.25) is 0 Å². The molecule has 0 aliphatic carbocycles. The number of ether oxygens (including phenoxy) is 1. The number of methoxy groups -OCH3 is 1. The molecule has 8 heteroatoms. The number of rotatable bonds is 7. The van der Waals surface area contributed by atoms with Crippen LogP contribution >= 0.6 is 0 Å². The minimum absolute atomic E-state index is 0.293. The van der Waals surface area contributed by atoms with Gasteiger partial charge in [0.15, 0.2) is 5.65 Å². The quantitative estimate of drug-likeness (QED) is 0.677. The summed E-state index contributed by atoms with van der Waals surface area (Å²) in [5.74, 6) is 1.34. The highest BCUT2D eigenvalue weighted by Gasteiger charge is 2.12. The topological polar surface area (TPSA) is 109 Å². The van der Waals surface area contributed by atoms with Crippen LogP contribution in [0.5, 0.6) is 5.75 Å². The standard InChI is InChI=1S/C17H18N6O2/c1-25-13-5-3-12(4-6-13)15(24)10-19-16-14-9-22-23(8-2-7-18)17(14)21-11-20-16/h3-6,9,11,15,24H,2,8,10H2,1H3,(H,19,20,21)/t15-/m1/s1. The molecule has 3 aromatic rings. The summed E-state index contributed by atoms with van der Waals surface area (Å²) >= 11 is 0. The number of aromatic nitrogens is 4. The van der Waals surface area contributed by atoms with Gasteiger partial charge in [-0.2, -0.15) is 10.4 Å². The molecule has 8 nitrogen and oxygen atoms in total. The van der Waals surface area contributed by atoms with E-state index in [0.717, 1.165) is 16.7 Å². The number of aliphatic hydroxyl groups excluding tert-OH is 1. The molecule has 0 aliphatic heterocycles. The van der Waals surface area contributed by atoms with Crippen LogP contribution < -0.4 is 10.1 Å². The lowest BCUT2D eigenvalue weighted by Gasteiger charge is -2.13. The molecule has 2 N–H and O–H groups in total. The average Bonchev–Trinajstić information content (AvgIpc) is 3.08. The van der Waals surface area contributed by atoms with Gasteiger partial charge in [-0.05, 0) is 17.7 Å². The van der Waals surface area contributed by atoms with Gasteiger partial charge in [-0.25, -0.2) is 14.6 Å². The first kappa shape index (κ1) is 16.7. The zero-order valence-corrected chi connectivity index (χ0v) is 13.8. The summed E-state index contributed by atoms with van der Waals surface area (Å²) in [4.78, 5) is 8.44. The van der Waals surface area contributed by atoms with Gasteiger partial charge in [0, 0.05) is 6.54 Å². The lowest BCUT2D eigenvalue weighted by molar-refractivity contribution is 0.191. The third-order valence-electron chi connectivity index (χ3n) is 3.83. The van der Waals surface area contributed by atoms with Crippen LogP contribution in [0.3, 0.4) is 0 Å². The molecule has 0 fully saturated rings. The fourth-order valence-electron chi connectivity index (χ4n) is 2.49. The van der Waals surface area contributed by atoms with Crippen molar-refractivity contribution in [3.05, 3.63) is 42.4 Å². The Hall–Kier alpha value is -3.18. The van der Waals surface area contributed by atoms with E-state index in [4.69, 9.17) is 10.00 Å². The van der Waals surface area contributed by atoms with Gasteiger partial charge in [0.1, 0.15) is 17.9 Å². The van der Waals surface area contributed by atoms with Gasteiger partial charge in [0.05, 0.1) is 43.8 Å². The lowest BCUT2D eigenvalue weighted by Crippen LogP contribution is -2.13. The summed E-state index contributed by atoms with van der Waals surface area (Å²) in [6.45, 7) is 0.771. The van der Waals surface area contributed by atoms with Crippen molar-refractivity contribution >= 4 is 16.9 Å². The second-order valence-electron chi connectivity index (χ2n) is 5.41. The fraction of sp³-hybridized carbons (Fsp3) is 0.294. The third-order valence-corrected chi connectivity index (χ3v) is 3.83. The predicted molar refractivity (Wildman–Crippen MR) is 92.0 cm³/mol. The number of fused-ring (bicyclic) bond motifs is 1. The van der Waals surface area contributed by atoms with E-state index in [-0.39, 0.29) is 0 Å². The van der Waals surface area contributed by atoms with Crippen LogP contribution in [0.25, 0.3) is 11.0 Å². The van der Waals surface area contributed by atoms with Crippen molar-refractivity contribution in [2.24, 2.45) is 0 Å². The van der Waals surface area contributed by atoms with Crippen molar-refractivity contribution in [2.75, 3.05) is 19.0 Å². The fourth-order valence-corrected chi connectivity index (χ4v) is 2.49. The average molecular weight is 338 g/mol. The summed E-state index contributed by atoms with van der Waals surface area (Å²) in [5.41, 5.74) is 1.44. The first-order chi connectivity index (χ1) is 12.2. The number of hydrogen-bond acceptors (Lipinski definition) is 7. The van der Waals surface area contributed by atoms with Gasteiger partial charge in [0.25, 0.3) is 0 Å². The highest BCUT2D eigenvalue weighted by atomic mass is 16.5. The normalized spacial score (nSPS) is 11.9. The number of nitrogens with one attached hydrogen (secondary N) is 1. The Morgan fingerprint density at radius 1 is 1.32 bits per heavy atom. The molecule has 0 saturated heterocycles. The molecule has 0 spiro atoms. The Morgan fingerprint density at radius 2 is 2.12 bits per heavy atom. The summed E-state index contributed by atoms with van der Waals surface area (Å²) in [5, 5.41) is 27.2. The van der Waals surface area contributed by atoms with E-state index >= 15 is 0 Å². The number of anilines is 1. The van der Waals surface area contributed by atoms with Crippen LogP contribution in [-0.4, -0.2) is 38.5 Å². The van der Waals surface area contributed by atoms with Crippen molar-refractivity contribution in [1.82, 2.24) is 19.7 Å². The first-order valence-corrected chi connectivity index (χ1v) is 7.82. The van der Waals surface area contributed by atoms with Crippen LogP contribution in [0, 0.1) is 11.3 Å². The van der Waals surface area contributed by atoms with Crippen molar-refractivity contribution in [3.63, 3.8) is 0 Å². The number of aliphatic hydroxyl groups is 1. The van der Waals surface area contributed by atoms with Gasteiger partial charge in [-0.1, -0.05) is 12.1 Å². The molecule has 0 radical (unpaired) electrons. The molecule has 0 amide bonds. The molecule has 2 heterocycles. The van der Waals surface area contributed by atoms with E-state index in [0.29, 0.717) is 31.0 Å². The largest absolute Gasteiger partial charge is 0.497 e. The van der Waals surface area contributed by atoms with E-state index in [2.05, 4.69) is 26.5 Å². The second-order valence-corrected chi connectivity index (χ2v) is 5.41. The molecule has 0 saturated carbocycles. The Balaban J connectivity index is 1.72. The van der Waals surface area contributed by atoms with E-state index < -0.39 is 6.10 Å². The Labute approximate surface area is 144 Å². The number of nitrogens with zero attached hydrogens (tertiary/aromatic N) is 5. The molecule has 2 aromatic heterocycles. The summed E-state index contributed by atoms with van der Waals surface area (Å²) < 4.78 is 6.79. The Bertz CT molecular complexity index is 884. The van der Waals surface area contributed by atoms with E-state index in [1.165, 1.54) is 6.33 Å². The maximum absolute atomic E-state index is 10.3. The SMILES string of the molecule is COc1ccc([C@H](O)CNc2ncnc3c2cnn3CCC#N)cc1.